The average Bonchev–Trinajstić information content (AvgIpc) is 2.65. The zero-order valence-corrected chi connectivity index (χ0v) is 10.5. The van der Waals surface area contributed by atoms with E-state index in [1.165, 1.54) is 11.5 Å². The molecule has 1 saturated heterocycles. The Morgan fingerprint density at radius 2 is 2.50 bits per heavy atom. The molecule has 1 aliphatic rings. The van der Waals surface area contributed by atoms with Gasteiger partial charge in [0.1, 0.15) is 10.0 Å². The van der Waals surface area contributed by atoms with Gasteiger partial charge in [0.2, 0.25) is 5.91 Å². The predicted molar refractivity (Wildman–Crippen MR) is 62.4 cm³/mol. The van der Waals surface area contributed by atoms with Crippen molar-refractivity contribution in [3.05, 3.63) is 10.0 Å². The SMILES string of the molecule is CCC1C(=O)NCCN1Cc1nnsc1Cl. The van der Waals surface area contributed by atoms with Crippen LogP contribution in [0.1, 0.15) is 19.0 Å². The monoisotopic (exact) mass is 260 g/mol. The molecule has 1 N–H and O–H groups in total. The molecule has 1 aliphatic heterocycles. The molecule has 2 rings (SSSR count). The van der Waals surface area contributed by atoms with Gasteiger partial charge >= 0.3 is 0 Å². The Hall–Kier alpha value is -0.720. The van der Waals surface area contributed by atoms with Crippen molar-refractivity contribution in [1.29, 1.82) is 0 Å². The second kappa shape index (κ2) is 5.07. The van der Waals surface area contributed by atoms with E-state index in [0.717, 1.165) is 18.7 Å². The van der Waals surface area contributed by atoms with E-state index in [1.807, 2.05) is 6.92 Å². The van der Waals surface area contributed by atoms with Crippen molar-refractivity contribution in [1.82, 2.24) is 19.8 Å². The Bertz CT molecular complexity index is 383. The molecule has 88 valence electrons. The van der Waals surface area contributed by atoms with Crippen LogP contribution in [-0.4, -0.2) is 39.5 Å². The van der Waals surface area contributed by atoms with Crippen molar-refractivity contribution in [3.63, 3.8) is 0 Å². The van der Waals surface area contributed by atoms with Gasteiger partial charge in [0.25, 0.3) is 0 Å². The fraction of sp³-hybridized carbons (Fsp3) is 0.667. The summed E-state index contributed by atoms with van der Waals surface area (Å²) >= 11 is 7.13. The number of nitrogens with one attached hydrogen (secondary N) is 1. The molecule has 7 heteroatoms. The number of hydrogen-bond acceptors (Lipinski definition) is 5. The van der Waals surface area contributed by atoms with Gasteiger partial charge in [0.05, 0.1) is 6.04 Å². The zero-order chi connectivity index (χ0) is 11.5. The molecule has 0 spiro atoms. The molecule has 0 radical (unpaired) electrons. The van der Waals surface area contributed by atoms with Gasteiger partial charge in [-0.3, -0.25) is 9.69 Å². The van der Waals surface area contributed by atoms with E-state index in [4.69, 9.17) is 11.6 Å². The Balaban J connectivity index is 2.08. The second-order valence-electron chi connectivity index (χ2n) is 3.68. The van der Waals surface area contributed by atoms with Crippen LogP contribution in [0.4, 0.5) is 0 Å². The molecule has 1 atom stereocenters. The summed E-state index contributed by atoms with van der Waals surface area (Å²) < 4.78 is 4.40. The van der Waals surface area contributed by atoms with Crippen molar-refractivity contribution in [2.24, 2.45) is 0 Å². The van der Waals surface area contributed by atoms with Crippen LogP contribution in [0, 0.1) is 0 Å². The minimum atomic E-state index is -0.0773. The molecule has 1 amide bonds. The fourth-order valence-corrected chi connectivity index (χ4v) is 2.49. The number of carbonyl (C=O) groups is 1. The Morgan fingerprint density at radius 3 is 3.12 bits per heavy atom. The smallest absolute Gasteiger partial charge is 0.237 e. The maximum atomic E-state index is 11.6. The number of hydrogen-bond donors (Lipinski definition) is 1. The Labute approximate surface area is 103 Å². The van der Waals surface area contributed by atoms with Gasteiger partial charge in [-0.2, -0.15) is 0 Å². The normalized spacial score (nSPS) is 22.1. The number of rotatable bonds is 3. The molecule has 16 heavy (non-hydrogen) atoms. The summed E-state index contributed by atoms with van der Waals surface area (Å²) in [5.74, 6) is 0.0908. The molecular weight excluding hydrogens is 248 g/mol. The van der Waals surface area contributed by atoms with Gasteiger partial charge in [-0.1, -0.05) is 23.0 Å². The first-order valence-corrected chi connectivity index (χ1v) is 6.36. The number of halogens is 1. The number of piperazine rings is 1. The van der Waals surface area contributed by atoms with Crippen LogP contribution < -0.4 is 5.32 Å². The highest BCUT2D eigenvalue weighted by Gasteiger charge is 2.28. The summed E-state index contributed by atoms with van der Waals surface area (Å²) in [4.78, 5) is 13.7. The first-order chi connectivity index (χ1) is 7.72. The lowest BCUT2D eigenvalue weighted by Gasteiger charge is -2.33. The third kappa shape index (κ3) is 2.34. The van der Waals surface area contributed by atoms with E-state index >= 15 is 0 Å². The van der Waals surface area contributed by atoms with Gasteiger partial charge < -0.3 is 5.32 Å². The number of amides is 1. The number of aromatic nitrogens is 2. The largest absolute Gasteiger partial charge is 0.353 e. The van der Waals surface area contributed by atoms with Crippen LogP contribution in [0.2, 0.25) is 4.34 Å². The zero-order valence-electron chi connectivity index (χ0n) is 8.94. The second-order valence-corrected chi connectivity index (χ2v) is 5.04. The van der Waals surface area contributed by atoms with Gasteiger partial charge in [-0.15, -0.1) is 5.10 Å². The van der Waals surface area contributed by atoms with Crippen LogP contribution in [-0.2, 0) is 11.3 Å². The standard InChI is InChI=1S/C9H13ClN4OS/c1-2-7-9(15)11-3-4-14(7)5-6-8(10)16-13-12-6/h7H,2-5H2,1H3,(H,11,15). The Morgan fingerprint density at radius 1 is 1.69 bits per heavy atom. The highest BCUT2D eigenvalue weighted by Crippen LogP contribution is 2.21. The van der Waals surface area contributed by atoms with E-state index in [9.17, 15) is 4.79 Å². The molecule has 0 aromatic carbocycles. The molecule has 1 fully saturated rings. The molecule has 2 heterocycles. The summed E-state index contributed by atoms with van der Waals surface area (Å²) in [6, 6.07) is -0.0773. The lowest BCUT2D eigenvalue weighted by atomic mass is 10.1. The lowest BCUT2D eigenvalue weighted by Crippen LogP contribution is -2.54. The first kappa shape index (κ1) is 11.8. The molecule has 5 nitrogen and oxygen atoms in total. The summed E-state index contributed by atoms with van der Waals surface area (Å²) in [5.41, 5.74) is 0.764. The summed E-state index contributed by atoms with van der Waals surface area (Å²) in [7, 11) is 0. The topological polar surface area (TPSA) is 58.1 Å². The molecular formula is C9H13ClN4OS. The molecule has 1 aromatic heterocycles. The van der Waals surface area contributed by atoms with Crippen LogP contribution in [0.5, 0.6) is 0 Å². The highest BCUT2D eigenvalue weighted by molar-refractivity contribution is 7.10. The lowest BCUT2D eigenvalue weighted by molar-refractivity contribution is -0.129. The number of nitrogens with zero attached hydrogens (tertiary/aromatic N) is 3. The molecule has 0 saturated carbocycles. The van der Waals surface area contributed by atoms with E-state index in [-0.39, 0.29) is 11.9 Å². The van der Waals surface area contributed by atoms with Crippen molar-refractivity contribution in [2.75, 3.05) is 13.1 Å². The highest BCUT2D eigenvalue weighted by atomic mass is 35.5. The quantitative estimate of drug-likeness (QED) is 0.877. The maximum absolute atomic E-state index is 11.6. The fourth-order valence-electron chi connectivity index (χ4n) is 1.88. The van der Waals surface area contributed by atoms with Gasteiger partial charge in [0.15, 0.2) is 0 Å². The van der Waals surface area contributed by atoms with E-state index in [2.05, 4.69) is 19.8 Å². The summed E-state index contributed by atoms with van der Waals surface area (Å²) in [5, 5.41) is 6.83. The third-order valence-electron chi connectivity index (χ3n) is 2.69. The minimum Gasteiger partial charge on any atom is -0.353 e. The first-order valence-electron chi connectivity index (χ1n) is 5.21. The van der Waals surface area contributed by atoms with Crippen LogP contribution in [0.25, 0.3) is 0 Å². The molecule has 1 aromatic rings. The predicted octanol–water partition coefficient (Wildman–Crippen LogP) is 0.902. The van der Waals surface area contributed by atoms with Crippen LogP contribution in [0.3, 0.4) is 0 Å². The molecule has 1 unspecified atom stereocenters. The van der Waals surface area contributed by atoms with E-state index in [1.54, 1.807) is 0 Å². The van der Waals surface area contributed by atoms with E-state index in [0.29, 0.717) is 17.4 Å². The van der Waals surface area contributed by atoms with Crippen molar-refractivity contribution in [3.8, 4) is 0 Å². The van der Waals surface area contributed by atoms with Gasteiger partial charge in [0, 0.05) is 31.2 Å². The van der Waals surface area contributed by atoms with Crippen molar-refractivity contribution >= 4 is 29.0 Å². The molecule has 0 aliphatic carbocycles. The van der Waals surface area contributed by atoms with Crippen molar-refractivity contribution in [2.45, 2.75) is 25.9 Å². The summed E-state index contributed by atoms with van der Waals surface area (Å²) in [6.07, 6.45) is 0.793. The molecule has 0 bridgehead atoms. The van der Waals surface area contributed by atoms with E-state index < -0.39 is 0 Å². The average molecular weight is 261 g/mol. The van der Waals surface area contributed by atoms with Crippen LogP contribution >= 0.6 is 23.1 Å². The van der Waals surface area contributed by atoms with Crippen LogP contribution in [0.15, 0.2) is 0 Å². The Kier molecular flexibility index (Phi) is 3.73. The summed E-state index contributed by atoms with van der Waals surface area (Å²) in [6.45, 7) is 4.12. The van der Waals surface area contributed by atoms with Gasteiger partial charge in [-0.05, 0) is 6.42 Å². The number of carbonyl (C=O) groups excluding carboxylic acids is 1. The third-order valence-corrected chi connectivity index (χ3v) is 3.68. The minimum absolute atomic E-state index is 0.0773. The maximum Gasteiger partial charge on any atom is 0.237 e. The van der Waals surface area contributed by atoms with Gasteiger partial charge in [-0.25, -0.2) is 0 Å². The van der Waals surface area contributed by atoms with Crippen molar-refractivity contribution < 1.29 is 4.79 Å².